The molecule has 0 aromatic heterocycles. The summed E-state index contributed by atoms with van der Waals surface area (Å²) in [6.07, 6.45) is 2.17. The maximum absolute atomic E-state index is 6.31. The fraction of sp³-hybridized carbons (Fsp3) is 0.576. The van der Waals surface area contributed by atoms with E-state index in [1.165, 1.54) is 11.1 Å². The second kappa shape index (κ2) is 12.2. The standard InChI is InChI=1S/C33H48O6P2/c1-23(2)16-24-12-14-28(26(17-24)31(6,7)8)38-40-34-19-33(20-35-40)21-36-41(37-22-33)39-29-15-13-25(30(3,4)5)18-27(29)32(9,10)11/h12-18H,19-22H2,1-11H3. The summed E-state index contributed by atoms with van der Waals surface area (Å²) in [7, 11) is -3.04. The fourth-order valence-electron chi connectivity index (χ4n) is 4.65. The van der Waals surface area contributed by atoms with E-state index in [0.29, 0.717) is 26.4 Å². The van der Waals surface area contributed by atoms with E-state index >= 15 is 0 Å². The SMILES string of the molecule is CC(C)=Cc1ccc(OP2OCC3(CO2)COP(Oc2ccc(C(C)(C)C)cc2C(C)(C)C)OC3)c(C(C)(C)C)c1. The van der Waals surface area contributed by atoms with Crippen LogP contribution in [0, 0.1) is 5.41 Å². The number of rotatable bonds is 5. The van der Waals surface area contributed by atoms with Crippen LogP contribution in [-0.4, -0.2) is 26.4 Å². The maximum atomic E-state index is 6.31. The molecule has 2 aliphatic rings. The van der Waals surface area contributed by atoms with Crippen molar-refractivity contribution in [3.8, 4) is 11.5 Å². The topological polar surface area (TPSA) is 55.4 Å². The summed E-state index contributed by atoms with van der Waals surface area (Å²) in [6, 6.07) is 12.7. The number of hydrogen-bond acceptors (Lipinski definition) is 6. The molecule has 6 nitrogen and oxygen atoms in total. The van der Waals surface area contributed by atoms with Crippen molar-refractivity contribution in [1.82, 2.24) is 0 Å². The summed E-state index contributed by atoms with van der Waals surface area (Å²) in [5.74, 6) is 1.61. The number of benzene rings is 2. The van der Waals surface area contributed by atoms with Crippen molar-refractivity contribution < 1.29 is 27.1 Å². The van der Waals surface area contributed by atoms with E-state index < -0.39 is 17.2 Å². The van der Waals surface area contributed by atoms with Crippen LogP contribution in [0.3, 0.4) is 0 Å². The molecule has 2 fully saturated rings. The molecule has 0 aliphatic carbocycles. The molecule has 2 aromatic carbocycles. The summed E-state index contributed by atoms with van der Waals surface area (Å²) in [5, 5.41) is 0. The Balaban J connectivity index is 1.37. The van der Waals surface area contributed by atoms with Gasteiger partial charge in [0.1, 0.15) is 11.5 Å². The van der Waals surface area contributed by atoms with Gasteiger partial charge in [-0.1, -0.05) is 92.2 Å². The van der Waals surface area contributed by atoms with Gasteiger partial charge in [0.2, 0.25) is 0 Å². The van der Waals surface area contributed by atoms with Crippen molar-refractivity contribution in [2.45, 2.75) is 92.4 Å². The first kappa shape index (κ1) is 32.4. The van der Waals surface area contributed by atoms with Crippen LogP contribution in [0.15, 0.2) is 42.0 Å². The first-order valence-electron chi connectivity index (χ1n) is 14.4. The molecule has 41 heavy (non-hydrogen) atoms. The van der Waals surface area contributed by atoms with Crippen molar-refractivity contribution in [3.05, 3.63) is 64.2 Å². The quantitative estimate of drug-likeness (QED) is 0.318. The Bertz CT molecular complexity index is 1230. The highest BCUT2D eigenvalue weighted by Crippen LogP contribution is 2.54. The highest BCUT2D eigenvalue weighted by atomic mass is 31.2. The molecule has 2 heterocycles. The van der Waals surface area contributed by atoms with Crippen LogP contribution < -0.4 is 9.05 Å². The molecule has 8 heteroatoms. The van der Waals surface area contributed by atoms with E-state index in [4.69, 9.17) is 27.1 Å². The molecular weight excluding hydrogens is 554 g/mol. The van der Waals surface area contributed by atoms with Gasteiger partial charge < -0.3 is 27.1 Å². The van der Waals surface area contributed by atoms with E-state index in [2.05, 4.69) is 113 Å². The summed E-state index contributed by atoms with van der Waals surface area (Å²) in [6.45, 7) is 25.8. The lowest BCUT2D eigenvalue weighted by Crippen LogP contribution is -2.45. The van der Waals surface area contributed by atoms with E-state index in [9.17, 15) is 0 Å². The molecule has 2 aromatic rings. The number of allylic oxidation sites excluding steroid dienone is 1. The Hall–Kier alpha value is -1.52. The van der Waals surface area contributed by atoms with Gasteiger partial charge in [0.05, 0.1) is 31.8 Å². The smallest absolute Gasteiger partial charge is 0.397 e. The molecule has 0 bridgehead atoms. The highest BCUT2D eigenvalue weighted by molar-refractivity contribution is 7.42. The van der Waals surface area contributed by atoms with Crippen molar-refractivity contribution in [3.63, 3.8) is 0 Å². The van der Waals surface area contributed by atoms with Gasteiger partial charge in [-0.15, -0.1) is 0 Å². The number of hydrogen-bond donors (Lipinski definition) is 0. The van der Waals surface area contributed by atoms with Crippen LogP contribution in [0.25, 0.3) is 6.08 Å². The van der Waals surface area contributed by atoms with Gasteiger partial charge in [0.25, 0.3) is 0 Å². The third-order valence-electron chi connectivity index (χ3n) is 7.17. The zero-order chi connectivity index (χ0) is 30.2. The summed E-state index contributed by atoms with van der Waals surface area (Å²) < 4.78 is 37.1. The highest BCUT2D eigenvalue weighted by Gasteiger charge is 2.45. The van der Waals surface area contributed by atoms with E-state index in [0.717, 1.165) is 28.2 Å². The minimum atomic E-state index is -1.52. The van der Waals surface area contributed by atoms with Gasteiger partial charge in [0.15, 0.2) is 0 Å². The second-order valence-electron chi connectivity index (χ2n) is 14.7. The molecule has 226 valence electrons. The monoisotopic (exact) mass is 602 g/mol. The van der Waals surface area contributed by atoms with Crippen LogP contribution in [0.1, 0.15) is 98.4 Å². The lowest BCUT2D eigenvalue weighted by atomic mass is 9.80. The minimum absolute atomic E-state index is 0.0570. The Morgan fingerprint density at radius 2 is 1.10 bits per heavy atom. The predicted octanol–water partition coefficient (Wildman–Crippen LogP) is 9.99. The van der Waals surface area contributed by atoms with Crippen molar-refractivity contribution >= 4 is 23.3 Å². The Morgan fingerprint density at radius 3 is 1.51 bits per heavy atom. The lowest BCUT2D eigenvalue weighted by molar-refractivity contribution is -0.0673. The second-order valence-corrected chi connectivity index (χ2v) is 17.0. The molecule has 0 amide bonds. The van der Waals surface area contributed by atoms with Gasteiger partial charge in [-0.2, -0.15) is 0 Å². The fourth-order valence-corrected chi connectivity index (χ4v) is 7.16. The minimum Gasteiger partial charge on any atom is -0.426 e. The van der Waals surface area contributed by atoms with E-state index in [1.807, 2.05) is 6.07 Å². The molecule has 0 atom stereocenters. The van der Waals surface area contributed by atoms with Crippen LogP contribution in [0.2, 0.25) is 0 Å². The molecular formula is C33H48O6P2. The zero-order valence-electron chi connectivity index (χ0n) is 26.7. The van der Waals surface area contributed by atoms with Gasteiger partial charge >= 0.3 is 17.2 Å². The molecule has 2 aliphatic heterocycles. The Labute approximate surface area is 250 Å². The molecule has 0 unspecified atom stereocenters. The third kappa shape index (κ3) is 8.31. The first-order chi connectivity index (χ1) is 19.0. The molecule has 4 rings (SSSR count). The molecule has 2 saturated heterocycles. The van der Waals surface area contributed by atoms with Gasteiger partial charge in [-0.25, -0.2) is 0 Å². The van der Waals surface area contributed by atoms with Crippen LogP contribution >= 0.6 is 17.2 Å². The third-order valence-corrected chi connectivity index (χ3v) is 9.22. The van der Waals surface area contributed by atoms with Crippen molar-refractivity contribution in [2.24, 2.45) is 5.41 Å². The average Bonchev–Trinajstić information content (AvgIpc) is 2.86. The molecule has 0 saturated carbocycles. The summed E-state index contributed by atoms with van der Waals surface area (Å²) >= 11 is 0. The maximum Gasteiger partial charge on any atom is 0.397 e. The van der Waals surface area contributed by atoms with Gasteiger partial charge in [-0.05, 0) is 59.4 Å². The first-order valence-corrected chi connectivity index (χ1v) is 16.6. The normalized spacial score (nSPS) is 23.8. The van der Waals surface area contributed by atoms with Crippen molar-refractivity contribution in [2.75, 3.05) is 26.4 Å². The summed E-state index contributed by atoms with van der Waals surface area (Å²) in [4.78, 5) is 0. The predicted molar refractivity (Wildman–Crippen MR) is 170 cm³/mol. The molecule has 0 N–H and O–H groups in total. The molecule has 1 spiro atoms. The largest absolute Gasteiger partial charge is 0.426 e. The Morgan fingerprint density at radius 1 is 0.659 bits per heavy atom. The zero-order valence-corrected chi connectivity index (χ0v) is 28.5. The molecule has 0 radical (unpaired) electrons. The van der Waals surface area contributed by atoms with Gasteiger partial charge in [-0.3, -0.25) is 0 Å². The summed E-state index contributed by atoms with van der Waals surface area (Å²) in [5.41, 5.74) is 5.48. The van der Waals surface area contributed by atoms with Crippen LogP contribution in [-0.2, 0) is 34.3 Å². The van der Waals surface area contributed by atoms with Crippen molar-refractivity contribution in [1.29, 1.82) is 0 Å². The van der Waals surface area contributed by atoms with E-state index in [1.54, 1.807) is 0 Å². The van der Waals surface area contributed by atoms with Gasteiger partial charge in [0, 0.05) is 11.1 Å². The van der Waals surface area contributed by atoms with E-state index in [-0.39, 0.29) is 21.7 Å². The van der Waals surface area contributed by atoms with Crippen LogP contribution in [0.5, 0.6) is 11.5 Å². The average molecular weight is 603 g/mol. The Kier molecular flexibility index (Phi) is 9.66. The lowest BCUT2D eigenvalue weighted by Gasteiger charge is -2.41. The van der Waals surface area contributed by atoms with Crippen LogP contribution in [0.4, 0.5) is 0 Å².